The monoisotopic (exact) mass is 523 g/mol. The summed E-state index contributed by atoms with van der Waals surface area (Å²) in [6.07, 6.45) is 5.35. The first-order valence-corrected chi connectivity index (χ1v) is 12.3. The Morgan fingerprint density at radius 1 is 0.865 bits per heavy atom. The summed E-state index contributed by atoms with van der Waals surface area (Å²) < 4.78 is 5.23. The Bertz CT molecular complexity index is 1220. The quantitative estimate of drug-likeness (QED) is 0.258. The molecular weight excluding hydrogens is 494 g/mol. The highest BCUT2D eigenvalue weighted by Gasteiger charge is 2.17. The molecule has 0 aliphatic rings. The summed E-state index contributed by atoms with van der Waals surface area (Å²) in [4.78, 5) is 42.3. The third kappa shape index (κ3) is 8.30. The molecule has 0 bridgehead atoms. The fraction of sp³-hybridized carbons (Fsp3) is 0.259. The maximum atomic E-state index is 12.9. The maximum Gasteiger partial charge on any atom is 0.259 e. The van der Waals surface area contributed by atoms with Crippen molar-refractivity contribution in [3.63, 3.8) is 0 Å². The largest absolute Gasteiger partial charge is 0.497 e. The number of hydrogen-bond acceptors (Lipinski definition) is 6. The van der Waals surface area contributed by atoms with Gasteiger partial charge in [-0.25, -0.2) is 4.98 Å². The number of carbonyl (C=O) groups excluding carboxylic acids is 3. The third-order valence-corrected chi connectivity index (χ3v) is 5.74. The van der Waals surface area contributed by atoms with Crippen molar-refractivity contribution >= 4 is 40.8 Å². The van der Waals surface area contributed by atoms with E-state index in [1.54, 1.807) is 48.5 Å². The molecule has 0 saturated carbocycles. The second-order valence-corrected chi connectivity index (χ2v) is 8.65. The van der Waals surface area contributed by atoms with Crippen LogP contribution in [0, 0.1) is 0 Å². The van der Waals surface area contributed by atoms with Crippen molar-refractivity contribution in [3.05, 3.63) is 82.5 Å². The Kier molecular flexibility index (Phi) is 10.4. The Morgan fingerprint density at radius 2 is 1.57 bits per heavy atom. The molecule has 0 aliphatic heterocycles. The zero-order chi connectivity index (χ0) is 26.6. The van der Waals surface area contributed by atoms with Crippen LogP contribution >= 0.6 is 11.6 Å². The summed E-state index contributed by atoms with van der Waals surface area (Å²) in [6, 6.07) is 14.2. The highest BCUT2D eigenvalue weighted by atomic mass is 35.5. The van der Waals surface area contributed by atoms with E-state index in [0.717, 1.165) is 25.7 Å². The second-order valence-electron chi connectivity index (χ2n) is 8.22. The number of methoxy groups -OCH3 is 1. The van der Waals surface area contributed by atoms with E-state index in [1.165, 1.54) is 19.4 Å². The lowest BCUT2D eigenvalue weighted by molar-refractivity contribution is 0.0950. The summed E-state index contributed by atoms with van der Waals surface area (Å²) in [5.41, 5.74) is 6.74. The minimum atomic E-state index is -0.487. The van der Waals surface area contributed by atoms with Crippen molar-refractivity contribution in [2.45, 2.75) is 25.7 Å². The number of aromatic nitrogens is 1. The van der Waals surface area contributed by atoms with Crippen LogP contribution in [0.4, 0.5) is 11.5 Å². The van der Waals surface area contributed by atoms with Gasteiger partial charge in [-0.15, -0.1) is 0 Å². The summed E-state index contributed by atoms with van der Waals surface area (Å²) >= 11 is 5.85. The smallest absolute Gasteiger partial charge is 0.259 e. The fourth-order valence-electron chi connectivity index (χ4n) is 3.47. The minimum Gasteiger partial charge on any atom is -0.497 e. The van der Waals surface area contributed by atoms with E-state index in [9.17, 15) is 14.4 Å². The van der Waals surface area contributed by atoms with Gasteiger partial charge < -0.3 is 26.4 Å². The lowest BCUT2D eigenvalue weighted by atomic mass is 10.1. The van der Waals surface area contributed by atoms with Crippen molar-refractivity contribution in [2.24, 2.45) is 5.73 Å². The standard InChI is InChI=1S/C27H30ClN5O4/c1-37-21-11-12-23(22(16-21)27(36)33-24-13-10-20(28)17-31-24)32-26(35)19-8-6-18(7-9-19)25(34)30-15-5-3-2-4-14-29/h6-13,16-17H,2-5,14-15,29H2,1H3,(H,30,34)(H,32,35)(H,31,33,36). The van der Waals surface area contributed by atoms with Gasteiger partial charge in [-0.05, 0) is 74.0 Å². The van der Waals surface area contributed by atoms with E-state index >= 15 is 0 Å². The summed E-state index contributed by atoms with van der Waals surface area (Å²) in [5.74, 6) is -0.369. The molecule has 3 aromatic rings. The van der Waals surface area contributed by atoms with Crippen LogP contribution in [0.1, 0.15) is 56.8 Å². The molecule has 9 nitrogen and oxygen atoms in total. The summed E-state index contributed by atoms with van der Waals surface area (Å²) in [7, 11) is 1.48. The molecule has 37 heavy (non-hydrogen) atoms. The number of halogens is 1. The van der Waals surface area contributed by atoms with Crippen LogP contribution in [0.5, 0.6) is 5.75 Å². The topological polar surface area (TPSA) is 135 Å². The molecule has 1 heterocycles. The lowest BCUT2D eigenvalue weighted by Crippen LogP contribution is -2.24. The van der Waals surface area contributed by atoms with Gasteiger partial charge in [-0.2, -0.15) is 0 Å². The Hall–Kier alpha value is -3.95. The molecule has 0 radical (unpaired) electrons. The van der Waals surface area contributed by atoms with Crippen LogP contribution in [0.2, 0.25) is 5.02 Å². The van der Waals surface area contributed by atoms with Gasteiger partial charge >= 0.3 is 0 Å². The van der Waals surface area contributed by atoms with Crippen LogP contribution in [0.15, 0.2) is 60.8 Å². The predicted molar refractivity (Wildman–Crippen MR) is 144 cm³/mol. The first-order valence-electron chi connectivity index (χ1n) is 11.9. The number of pyridine rings is 1. The van der Waals surface area contributed by atoms with Crippen molar-refractivity contribution in [1.29, 1.82) is 0 Å². The molecule has 0 aliphatic carbocycles. The third-order valence-electron chi connectivity index (χ3n) is 5.51. The Labute approximate surface area is 220 Å². The van der Waals surface area contributed by atoms with Gasteiger partial charge in [-0.3, -0.25) is 14.4 Å². The lowest BCUT2D eigenvalue weighted by Gasteiger charge is -2.13. The fourth-order valence-corrected chi connectivity index (χ4v) is 3.59. The van der Waals surface area contributed by atoms with Gasteiger partial charge in [0.05, 0.1) is 23.4 Å². The predicted octanol–water partition coefficient (Wildman–Crippen LogP) is 4.50. The number of unbranched alkanes of at least 4 members (excludes halogenated alkanes) is 3. The summed E-state index contributed by atoms with van der Waals surface area (Å²) in [6.45, 7) is 1.26. The van der Waals surface area contributed by atoms with Gasteiger partial charge in [0.15, 0.2) is 0 Å². The number of nitrogens with zero attached hydrogens (tertiary/aromatic N) is 1. The average Bonchev–Trinajstić information content (AvgIpc) is 2.92. The number of hydrogen-bond donors (Lipinski definition) is 4. The van der Waals surface area contributed by atoms with Crippen LogP contribution < -0.4 is 26.4 Å². The van der Waals surface area contributed by atoms with Crippen molar-refractivity contribution in [1.82, 2.24) is 10.3 Å². The number of nitrogens with one attached hydrogen (secondary N) is 3. The molecule has 0 atom stereocenters. The molecule has 5 N–H and O–H groups in total. The van der Waals surface area contributed by atoms with Crippen molar-refractivity contribution < 1.29 is 19.1 Å². The first kappa shape index (κ1) is 27.6. The number of carbonyl (C=O) groups is 3. The van der Waals surface area contributed by atoms with E-state index in [0.29, 0.717) is 40.8 Å². The molecule has 0 spiro atoms. The molecule has 0 unspecified atom stereocenters. The molecule has 0 fully saturated rings. The highest BCUT2D eigenvalue weighted by Crippen LogP contribution is 2.24. The van der Waals surface area contributed by atoms with Crippen molar-refractivity contribution in [2.75, 3.05) is 30.8 Å². The molecule has 3 amide bonds. The molecule has 3 rings (SSSR count). The number of benzene rings is 2. The normalized spacial score (nSPS) is 10.5. The number of nitrogens with two attached hydrogens (primary N) is 1. The number of amides is 3. The van der Waals surface area contributed by atoms with Crippen LogP contribution in [-0.4, -0.2) is 42.9 Å². The highest BCUT2D eigenvalue weighted by molar-refractivity contribution is 6.30. The second kappa shape index (κ2) is 14.0. The van der Waals surface area contributed by atoms with Crippen LogP contribution in [0.3, 0.4) is 0 Å². The molecule has 0 saturated heterocycles. The SMILES string of the molecule is COc1ccc(NC(=O)c2ccc(C(=O)NCCCCCCN)cc2)c(C(=O)Nc2ccc(Cl)cn2)c1. The van der Waals surface area contributed by atoms with E-state index < -0.39 is 11.8 Å². The Balaban J connectivity index is 1.65. The zero-order valence-corrected chi connectivity index (χ0v) is 21.3. The van der Waals surface area contributed by atoms with E-state index in [2.05, 4.69) is 20.9 Å². The van der Waals surface area contributed by atoms with Crippen LogP contribution in [-0.2, 0) is 0 Å². The average molecular weight is 524 g/mol. The molecule has 194 valence electrons. The number of anilines is 2. The summed E-state index contributed by atoms with van der Waals surface area (Å²) in [5, 5.41) is 8.75. The van der Waals surface area contributed by atoms with Gasteiger partial charge in [0.1, 0.15) is 11.6 Å². The molecule has 2 aromatic carbocycles. The molecule has 1 aromatic heterocycles. The maximum absolute atomic E-state index is 12.9. The number of rotatable bonds is 12. The van der Waals surface area contributed by atoms with E-state index in [1.807, 2.05) is 0 Å². The van der Waals surface area contributed by atoms with E-state index in [4.69, 9.17) is 22.1 Å². The first-order chi connectivity index (χ1) is 17.9. The zero-order valence-electron chi connectivity index (χ0n) is 20.6. The van der Waals surface area contributed by atoms with E-state index in [-0.39, 0.29) is 17.2 Å². The van der Waals surface area contributed by atoms with Gasteiger partial charge in [0.25, 0.3) is 17.7 Å². The van der Waals surface area contributed by atoms with Gasteiger partial charge in [0.2, 0.25) is 0 Å². The van der Waals surface area contributed by atoms with Gasteiger partial charge in [0, 0.05) is 23.9 Å². The molecular formula is C27H30ClN5O4. The number of ether oxygens (including phenoxy) is 1. The minimum absolute atomic E-state index is 0.187. The van der Waals surface area contributed by atoms with Crippen molar-refractivity contribution in [3.8, 4) is 5.75 Å². The Morgan fingerprint density at radius 3 is 2.22 bits per heavy atom. The van der Waals surface area contributed by atoms with Gasteiger partial charge in [-0.1, -0.05) is 24.4 Å². The molecule has 10 heteroatoms. The van der Waals surface area contributed by atoms with Crippen LogP contribution in [0.25, 0.3) is 0 Å².